The summed E-state index contributed by atoms with van der Waals surface area (Å²) >= 11 is 0. The van der Waals surface area contributed by atoms with E-state index in [1.807, 2.05) is 12.1 Å². The summed E-state index contributed by atoms with van der Waals surface area (Å²) in [7, 11) is 1.42. The van der Waals surface area contributed by atoms with E-state index >= 15 is 0 Å². The number of hydroxylamine groups is 1. The highest BCUT2D eigenvalue weighted by molar-refractivity contribution is 5.90. The molecule has 5 aliphatic carbocycles. The Bertz CT molecular complexity index is 1360. The molecule has 5 N–H and O–H groups in total. The third-order valence-corrected chi connectivity index (χ3v) is 14.3. The number of hydrogen-bond acceptors (Lipinski definition) is 4. The second kappa shape index (κ2) is 10.0. The molecule has 2 unspecified atom stereocenters. The molecule has 5 aliphatic rings. The monoisotopic (exact) mass is 589 g/mol. The van der Waals surface area contributed by atoms with Crippen molar-refractivity contribution in [1.82, 2.24) is 5.48 Å². The highest BCUT2D eigenvalue weighted by Gasteiger charge is 2.72. The van der Waals surface area contributed by atoms with Crippen LogP contribution in [0.1, 0.15) is 108 Å². The van der Waals surface area contributed by atoms with Gasteiger partial charge in [0.05, 0.1) is 18.1 Å². The molecule has 0 spiro atoms. The minimum atomic E-state index is -0.489. The van der Waals surface area contributed by atoms with Crippen molar-refractivity contribution in [3.05, 3.63) is 53.6 Å². The van der Waals surface area contributed by atoms with Gasteiger partial charge in [0.25, 0.3) is 5.91 Å². The van der Waals surface area contributed by atoms with Crippen LogP contribution in [-0.2, 0) is 9.53 Å². The van der Waals surface area contributed by atoms with E-state index in [0.717, 1.165) is 57.8 Å². The first kappa shape index (κ1) is 30.6. The largest absolute Gasteiger partial charge is 0.465 e. The van der Waals surface area contributed by atoms with Gasteiger partial charge >= 0.3 is 5.97 Å². The maximum absolute atomic E-state index is 13.4. The van der Waals surface area contributed by atoms with Crippen LogP contribution in [0, 0.1) is 51.2 Å². The number of fused-ring (bicyclic) bond motifs is 7. The summed E-state index contributed by atoms with van der Waals surface area (Å²) in [6.07, 6.45) is 11.4. The molecule has 0 heterocycles. The molecule has 4 saturated carbocycles. The SMILES string of the molecule is C=C(C)C1CCC2(C(=O)N[OH2+])CC[C@]3(N)[C@H](CC[C@@H]4[C@@]5(C)CC=C(c6ccc(C(=O)OC)cc6)C(C)(C)[C@@H]5CC[C@]43C)[C@@H]12. The fourth-order valence-electron chi connectivity index (χ4n) is 12.3. The number of benzene rings is 1. The Balaban J connectivity index is 1.36. The van der Waals surface area contributed by atoms with Crippen LogP contribution in [0.5, 0.6) is 0 Å². The molecule has 1 aromatic rings. The van der Waals surface area contributed by atoms with Crippen LogP contribution in [0.2, 0.25) is 0 Å². The number of esters is 1. The number of methoxy groups -OCH3 is 1. The van der Waals surface area contributed by atoms with Gasteiger partial charge in [0.1, 0.15) is 0 Å². The van der Waals surface area contributed by atoms with Crippen LogP contribution >= 0.6 is 0 Å². The van der Waals surface area contributed by atoms with Gasteiger partial charge in [0.15, 0.2) is 0 Å². The lowest BCUT2D eigenvalue weighted by atomic mass is 9.34. The van der Waals surface area contributed by atoms with Gasteiger partial charge < -0.3 is 15.7 Å². The van der Waals surface area contributed by atoms with E-state index in [9.17, 15) is 9.59 Å². The summed E-state index contributed by atoms with van der Waals surface area (Å²) in [5, 5.41) is 7.83. The molecule has 6 heteroatoms. The Hall–Kier alpha value is -2.44. The number of nitrogens with one attached hydrogen (secondary N) is 1. The summed E-state index contributed by atoms with van der Waals surface area (Å²) < 4.78 is 4.92. The number of ether oxygens (including phenoxy) is 1. The fraction of sp³-hybridized carbons (Fsp3) is 0.676. The first-order valence-corrected chi connectivity index (χ1v) is 16.5. The first-order chi connectivity index (χ1) is 20.2. The molecular formula is C37H53N2O4+. The topological polar surface area (TPSA) is 104 Å². The lowest BCUT2D eigenvalue weighted by molar-refractivity contribution is -0.196. The number of nitrogens with two attached hydrogens (primary N) is 1. The molecule has 0 radical (unpaired) electrons. The Morgan fingerprint density at radius 3 is 2.30 bits per heavy atom. The number of amides is 1. The van der Waals surface area contributed by atoms with Crippen LogP contribution in [-0.4, -0.2) is 29.7 Å². The lowest BCUT2D eigenvalue weighted by Crippen LogP contribution is -2.74. The zero-order chi connectivity index (χ0) is 31.2. The van der Waals surface area contributed by atoms with E-state index in [0.29, 0.717) is 23.3 Å². The minimum Gasteiger partial charge on any atom is -0.465 e. The smallest absolute Gasteiger partial charge is 0.337 e. The number of hydrogen-bond donors (Lipinski definition) is 2. The zero-order valence-electron chi connectivity index (χ0n) is 27.1. The van der Waals surface area contributed by atoms with Gasteiger partial charge in [-0.25, -0.2) is 4.79 Å². The van der Waals surface area contributed by atoms with Crippen molar-refractivity contribution in [1.29, 1.82) is 0 Å². The fourth-order valence-corrected chi connectivity index (χ4v) is 12.3. The summed E-state index contributed by atoms with van der Waals surface area (Å²) in [6.45, 7) is 16.4. The van der Waals surface area contributed by atoms with E-state index in [4.69, 9.17) is 15.7 Å². The van der Waals surface area contributed by atoms with E-state index < -0.39 is 5.41 Å². The average Bonchev–Trinajstić information content (AvgIpc) is 3.38. The van der Waals surface area contributed by atoms with Gasteiger partial charge in [0, 0.05) is 5.54 Å². The molecule has 4 fully saturated rings. The van der Waals surface area contributed by atoms with E-state index in [-0.39, 0.29) is 45.5 Å². The Morgan fingerprint density at radius 1 is 0.977 bits per heavy atom. The lowest BCUT2D eigenvalue weighted by Gasteiger charge is -2.71. The Kier molecular flexibility index (Phi) is 7.14. The van der Waals surface area contributed by atoms with Crippen molar-refractivity contribution >= 4 is 17.4 Å². The molecule has 1 aromatic carbocycles. The molecule has 0 aliphatic heterocycles. The van der Waals surface area contributed by atoms with Gasteiger partial charge in [0.2, 0.25) is 0 Å². The molecule has 234 valence electrons. The highest BCUT2D eigenvalue weighted by atomic mass is 16.5. The summed E-state index contributed by atoms with van der Waals surface area (Å²) in [6, 6.07) is 7.93. The maximum Gasteiger partial charge on any atom is 0.337 e. The molecule has 43 heavy (non-hydrogen) atoms. The third kappa shape index (κ3) is 3.97. The predicted octanol–water partition coefficient (Wildman–Crippen LogP) is 6.57. The van der Waals surface area contributed by atoms with E-state index in [1.54, 1.807) is 0 Å². The first-order valence-electron chi connectivity index (χ1n) is 16.5. The van der Waals surface area contributed by atoms with Crippen LogP contribution < -0.4 is 11.2 Å². The summed E-state index contributed by atoms with van der Waals surface area (Å²) in [5.41, 5.74) is 13.7. The van der Waals surface area contributed by atoms with Gasteiger partial charge in [-0.05, 0) is 134 Å². The van der Waals surface area contributed by atoms with Crippen LogP contribution in [0.15, 0.2) is 42.5 Å². The number of allylic oxidation sites excluding steroid dienone is 3. The number of rotatable bonds is 4. The zero-order valence-corrected chi connectivity index (χ0v) is 27.1. The van der Waals surface area contributed by atoms with Crippen LogP contribution in [0.4, 0.5) is 0 Å². The van der Waals surface area contributed by atoms with Gasteiger partial charge in [-0.2, -0.15) is 0 Å². The molecule has 6 nitrogen and oxygen atoms in total. The van der Waals surface area contributed by atoms with Crippen molar-refractivity contribution in [2.24, 2.45) is 57.0 Å². The average molecular weight is 590 g/mol. The normalized spacial score (nSPS) is 42.8. The van der Waals surface area contributed by atoms with Gasteiger partial charge in [-0.15, -0.1) is 5.48 Å². The molecule has 0 bridgehead atoms. The molecule has 0 saturated heterocycles. The standard InChI is InChI=1S/C37H52N2O4/c1-22(2)25-14-19-36(32(41)39-42)20-21-37(38)27(30(25)36)12-13-29-34(5)17-15-26(23-8-10-24(11-9-23)31(40)43-7)33(3,4)28(34)16-18-35(29,37)6/h8-11,15,25,27-30,42H,1,12-14,16-21,38H2,2-7H3,(H,39,41)/p+1/t25?,27-,28+,29-,30-,34+,35-,36?,37+/m1/s1. The molecular weight excluding hydrogens is 536 g/mol. The van der Waals surface area contributed by atoms with Crippen molar-refractivity contribution < 1.29 is 19.5 Å². The molecule has 9 atom stereocenters. The van der Waals surface area contributed by atoms with Gasteiger partial charge in [-0.3, -0.25) is 4.79 Å². The molecule has 1 amide bonds. The molecule has 0 aromatic heterocycles. The number of carbonyl (C=O) groups is 2. The number of carbonyl (C=O) groups excluding carboxylic acids is 2. The van der Waals surface area contributed by atoms with Crippen LogP contribution in [0.25, 0.3) is 5.57 Å². The highest BCUT2D eigenvalue weighted by Crippen LogP contribution is 2.74. The Morgan fingerprint density at radius 2 is 1.67 bits per heavy atom. The minimum absolute atomic E-state index is 0.0173. The third-order valence-electron chi connectivity index (χ3n) is 14.3. The second-order valence-electron chi connectivity index (χ2n) is 16.0. The predicted molar refractivity (Wildman–Crippen MR) is 171 cm³/mol. The van der Waals surface area contributed by atoms with Crippen molar-refractivity contribution in [2.45, 2.75) is 97.9 Å². The summed E-state index contributed by atoms with van der Waals surface area (Å²) in [5.74, 6) is 1.34. The van der Waals surface area contributed by atoms with E-state index in [1.165, 1.54) is 23.8 Å². The quantitative estimate of drug-likeness (QED) is 0.179. The summed E-state index contributed by atoms with van der Waals surface area (Å²) in [4.78, 5) is 25.5. The Labute approximate surface area is 257 Å². The molecule has 6 rings (SSSR count). The van der Waals surface area contributed by atoms with Gasteiger partial charge in [-0.1, -0.05) is 58.1 Å². The second-order valence-corrected chi connectivity index (χ2v) is 16.0. The maximum atomic E-state index is 13.4. The van der Waals surface area contributed by atoms with E-state index in [2.05, 4.69) is 64.9 Å². The van der Waals surface area contributed by atoms with Crippen molar-refractivity contribution in [3.8, 4) is 0 Å². The van der Waals surface area contributed by atoms with Crippen LogP contribution in [0.3, 0.4) is 0 Å². The van der Waals surface area contributed by atoms with Crippen molar-refractivity contribution in [3.63, 3.8) is 0 Å². The van der Waals surface area contributed by atoms with Crippen molar-refractivity contribution in [2.75, 3.05) is 7.11 Å².